The van der Waals surface area contributed by atoms with E-state index >= 15 is 0 Å². The van der Waals surface area contributed by atoms with Gasteiger partial charge in [0.1, 0.15) is 0 Å². The molecule has 0 heterocycles. The Morgan fingerprint density at radius 2 is 1.53 bits per heavy atom. The zero-order valence-electron chi connectivity index (χ0n) is 10.6. The van der Waals surface area contributed by atoms with Crippen LogP contribution >= 0.6 is 0 Å². The topological polar surface area (TPSA) is 52.0 Å². The van der Waals surface area contributed by atoms with Crippen molar-refractivity contribution in [3.05, 3.63) is 71.8 Å². The minimum absolute atomic E-state index is 0.755. The van der Waals surface area contributed by atoms with Crippen LogP contribution in [0.4, 0.5) is 11.4 Å². The van der Waals surface area contributed by atoms with Crippen LogP contribution in [0.3, 0.4) is 0 Å². The lowest BCUT2D eigenvalue weighted by molar-refractivity contribution is 1.21. The van der Waals surface area contributed by atoms with Gasteiger partial charge in [-0.3, -0.25) is 0 Å². The molecule has 0 bridgehead atoms. The maximum Gasteiger partial charge on any atom is 0.0351 e. The Bertz CT molecular complexity index is 732. The molecule has 3 aromatic rings. The number of nitrogens with two attached hydrogens (primary N) is 2. The molecule has 0 amide bonds. The second-order valence-electron chi connectivity index (χ2n) is 4.82. The standard InChI is InChI=1S/C17H16N2/c18-16-7-8-17(19)15(11-16)10-12-5-6-13-3-1-2-4-14(13)9-12/h1-9,11H,10,18-19H2. The van der Waals surface area contributed by atoms with Gasteiger partial charge in [-0.1, -0.05) is 42.5 Å². The lowest BCUT2D eigenvalue weighted by atomic mass is 10.00. The van der Waals surface area contributed by atoms with E-state index in [9.17, 15) is 0 Å². The minimum Gasteiger partial charge on any atom is -0.399 e. The summed E-state index contributed by atoms with van der Waals surface area (Å²) in [5.74, 6) is 0. The lowest BCUT2D eigenvalue weighted by Gasteiger charge is -2.08. The van der Waals surface area contributed by atoms with E-state index in [0.717, 1.165) is 23.4 Å². The Balaban J connectivity index is 1.98. The van der Waals surface area contributed by atoms with Crippen LogP contribution in [0.1, 0.15) is 11.1 Å². The Morgan fingerprint density at radius 1 is 0.737 bits per heavy atom. The third kappa shape index (κ3) is 2.38. The van der Waals surface area contributed by atoms with Gasteiger partial charge in [-0.15, -0.1) is 0 Å². The molecular formula is C17H16N2. The molecule has 0 saturated carbocycles. The second-order valence-corrected chi connectivity index (χ2v) is 4.82. The summed E-state index contributed by atoms with van der Waals surface area (Å²) in [6.45, 7) is 0. The lowest BCUT2D eigenvalue weighted by Crippen LogP contribution is -1.97. The monoisotopic (exact) mass is 248 g/mol. The summed E-state index contributed by atoms with van der Waals surface area (Å²) in [7, 11) is 0. The number of nitrogen functional groups attached to an aromatic ring is 2. The van der Waals surface area contributed by atoms with Crippen molar-refractivity contribution in [3.63, 3.8) is 0 Å². The van der Waals surface area contributed by atoms with Crippen LogP contribution in [-0.4, -0.2) is 0 Å². The second kappa shape index (κ2) is 4.65. The summed E-state index contributed by atoms with van der Waals surface area (Å²) < 4.78 is 0. The van der Waals surface area contributed by atoms with Gasteiger partial charge in [-0.05, 0) is 46.5 Å². The first-order valence-electron chi connectivity index (χ1n) is 6.34. The molecule has 0 aliphatic rings. The van der Waals surface area contributed by atoms with Gasteiger partial charge in [0.25, 0.3) is 0 Å². The van der Waals surface area contributed by atoms with Gasteiger partial charge in [0.15, 0.2) is 0 Å². The first kappa shape index (κ1) is 11.6. The minimum atomic E-state index is 0.755. The molecule has 2 heteroatoms. The van der Waals surface area contributed by atoms with Crippen molar-refractivity contribution >= 4 is 22.1 Å². The molecule has 0 spiro atoms. The fourth-order valence-corrected chi connectivity index (χ4v) is 2.35. The number of hydrogen-bond acceptors (Lipinski definition) is 2. The van der Waals surface area contributed by atoms with Crippen molar-refractivity contribution in [1.82, 2.24) is 0 Å². The summed E-state index contributed by atoms with van der Waals surface area (Å²) in [6.07, 6.45) is 0.807. The molecule has 0 aliphatic heterocycles. The highest BCUT2D eigenvalue weighted by molar-refractivity contribution is 5.83. The van der Waals surface area contributed by atoms with E-state index in [0.29, 0.717) is 0 Å². The van der Waals surface area contributed by atoms with Gasteiger partial charge < -0.3 is 11.5 Å². The summed E-state index contributed by atoms with van der Waals surface area (Å²) in [6, 6.07) is 20.5. The van der Waals surface area contributed by atoms with E-state index in [2.05, 4.69) is 42.5 Å². The molecule has 2 nitrogen and oxygen atoms in total. The molecule has 0 fully saturated rings. The third-order valence-corrected chi connectivity index (χ3v) is 3.38. The summed E-state index contributed by atoms with van der Waals surface area (Å²) in [5, 5.41) is 2.51. The molecule has 0 aliphatic carbocycles. The normalized spacial score (nSPS) is 10.7. The van der Waals surface area contributed by atoms with Crippen molar-refractivity contribution in [2.24, 2.45) is 0 Å². The summed E-state index contributed by atoms with van der Waals surface area (Å²) in [4.78, 5) is 0. The highest BCUT2D eigenvalue weighted by Crippen LogP contribution is 2.22. The van der Waals surface area contributed by atoms with E-state index in [1.165, 1.54) is 16.3 Å². The Kier molecular flexibility index (Phi) is 2.84. The number of anilines is 2. The quantitative estimate of drug-likeness (QED) is 0.681. The Hall–Kier alpha value is -2.48. The highest BCUT2D eigenvalue weighted by atomic mass is 14.6. The van der Waals surface area contributed by atoms with E-state index in [1.807, 2.05) is 18.2 Å². The van der Waals surface area contributed by atoms with Crippen LogP contribution in [0, 0.1) is 0 Å². The van der Waals surface area contributed by atoms with Gasteiger partial charge >= 0.3 is 0 Å². The van der Waals surface area contributed by atoms with Crippen LogP contribution < -0.4 is 11.5 Å². The number of fused-ring (bicyclic) bond motifs is 1. The zero-order valence-corrected chi connectivity index (χ0v) is 10.6. The van der Waals surface area contributed by atoms with Crippen LogP contribution in [0.5, 0.6) is 0 Å². The number of benzene rings is 3. The molecule has 3 aromatic carbocycles. The van der Waals surface area contributed by atoms with Crippen LogP contribution in [-0.2, 0) is 6.42 Å². The van der Waals surface area contributed by atoms with Crippen molar-refractivity contribution in [2.45, 2.75) is 6.42 Å². The molecule has 3 rings (SSSR count). The van der Waals surface area contributed by atoms with Crippen LogP contribution in [0.2, 0.25) is 0 Å². The van der Waals surface area contributed by atoms with Gasteiger partial charge in [0.05, 0.1) is 0 Å². The van der Waals surface area contributed by atoms with Crippen molar-refractivity contribution in [2.75, 3.05) is 11.5 Å². The molecule has 0 radical (unpaired) electrons. The van der Waals surface area contributed by atoms with Gasteiger partial charge in [-0.2, -0.15) is 0 Å². The fraction of sp³-hybridized carbons (Fsp3) is 0.0588. The first-order valence-corrected chi connectivity index (χ1v) is 6.34. The number of rotatable bonds is 2. The first-order chi connectivity index (χ1) is 9.22. The highest BCUT2D eigenvalue weighted by Gasteiger charge is 2.03. The molecular weight excluding hydrogens is 232 g/mol. The third-order valence-electron chi connectivity index (χ3n) is 3.38. The van der Waals surface area contributed by atoms with Gasteiger partial charge in [-0.25, -0.2) is 0 Å². The fourth-order valence-electron chi connectivity index (χ4n) is 2.35. The maximum atomic E-state index is 5.99. The number of hydrogen-bond donors (Lipinski definition) is 2. The molecule has 0 aromatic heterocycles. The molecule has 4 N–H and O–H groups in total. The molecule has 0 atom stereocenters. The average molecular weight is 248 g/mol. The van der Waals surface area contributed by atoms with Gasteiger partial charge in [0, 0.05) is 11.4 Å². The molecule has 19 heavy (non-hydrogen) atoms. The van der Waals surface area contributed by atoms with Crippen molar-refractivity contribution in [1.29, 1.82) is 0 Å². The largest absolute Gasteiger partial charge is 0.399 e. The van der Waals surface area contributed by atoms with E-state index < -0.39 is 0 Å². The predicted molar refractivity (Wildman–Crippen MR) is 82.0 cm³/mol. The van der Waals surface area contributed by atoms with E-state index in [4.69, 9.17) is 11.5 Å². The molecule has 0 saturated heterocycles. The SMILES string of the molecule is Nc1ccc(N)c(Cc2ccc3ccccc3c2)c1. The molecule has 0 unspecified atom stereocenters. The van der Waals surface area contributed by atoms with Crippen LogP contribution in [0.25, 0.3) is 10.8 Å². The van der Waals surface area contributed by atoms with Crippen molar-refractivity contribution in [3.8, 4) is 0 Å². The maximum absolute atomic E-state index is 5.99. The Morgan fingerprint density at radius 3 is 2.37 bits per heavy atom. The van der Waals surface area contributed by atoms with E-state index in [-0.39, 0.29) is 0 Å². The van der Waals surface area contributed by atoms with E-state index in [1.54, 1.807) is 0 Å². The zero-order chi connectivity index (χ0) is 13.2. The Labute approximate surface area is 112 Å². The summed E-state index contributed by atoms with van der Waals surface area (Å²) in [5.41, 5.74) is 15.7. The molecule has 94 valence electrons. The van der Waals surface area contributed by atoms with Gasteiger partial charge in [0.2, 0.25) is 0 Å². The smallest absolute Gasteiger partial charge is 0.0351 e. The predicted octanol–water partition coefficient (Wildman–Crippen LogP) is 3.60. The summed E-state index contributed by atoms with van der Waals surface area (Å²) >= 11 is 0. The van der Waals surface area contributed by atoms with Crippen molar-refractivity contribution < 1.29 is 0 Å². The average Bonchev–Trinajstić information content (AvgIpc) is 2.43. The van der Waals surface area contributed by atoms with Crippen LogP contribution in [0.15, 0.2) is 60.7 Å².